The van der Waals surface area contributed by atoms with Crippen LogP contribution in [0.1, 0.15) is 37.4 Å². The Kier molecular flexibility index (Phi) is 9.56. The summed E-state index contributed by atoms with van der Waals surface area (Å²) in [6.45, 7) is 3.01. The molecule has 3 amide bonds. The highest BCUT2D eigenvalue weighted by Gasteiger charge is 2.29. The van der Waals surface area contributed by atoms with Crippen LogP contribution in [-0.4, -0.2) is 72.9 Å². The number of aryl methyl sites for hydroxylation is 1. The number of methoxy groups -OCH3 is 2. The molecular formula is C28H38N6O4. The number of aromatic nitrogens is 2. The molecule has 0 unspecified atom stereocenters. The summed E-state index contributed by atoms with van der Waals surface area (Å²) in [4.78, 5) is 32.2. The van der Waals surface area contributed by atoms with E-state index in [0.29, 0.717) is 31.1 Å². The van der Waals surface area contributed by atoms with Crippen LogP contribution in [0.25, 0.3) is 11.0 Å². The molecule has 0 radical (unpaired) electrons. The average Bonchev–Trinajstić information content (AvgIpc) is 3.31. The van der Waals surface area contributed by atoms with Crippen LogP contribution in [0.4, 0.5) is 10.5 Å². The number of likely N-dealkylation sites (tertiary alicyclic amines) is 1. The van der Waals surface area contributed by atoms with E-state index in [-0.39, 0.29) is 30.8 Å². The molecule has 3 aromatic rings. The monoisotopic (exact) mass is 522 g/mol. The van der Waals surface area contributed by atoms with Crippen LogP contribution in [0, 0.1) is 0 Å². The number of carbonyl (C=O) groups excluding carboxylic acids is 2. The Balaban J connectivity index is 1.32. The molecule has 1 aliphatic rings. The van der Waals surface area contributed by atoms with Crippen LogP contribution in [0.2, 0.25) is 0 Å². The predicted molar refractivity (Wildman–Crippen MR) is 147 cm³/mol. The molecule has 0 aliphatic carbocycles. The highest BCUT2D eigenvalue weighted by atomic mass is 16.5. The van der Waals surface area contributed by atoms with Crippen LogP contribution >= 0.6 is 0 Å². The van der Waals surface area contributed by atoms with E-state index in [1.165, 1.54) is 0 Å². The molecule has 204 valence electrons. The van der Waals surface area contributed by atoms with Gasteiger partial charge in [0.1, 0.15) is 11.6 Å². The van der Waals surface area contributed by atoms with E-state index in [4.69, 9.17) is 20.2 Å². The molecule has 10 heteroatoms. The first-order valence-corrected chi connectivity index (χ1v) is 13.1. The van der Waals surface area contributed by atoms with E-state index >= 15 is 0 Å². The molecule has 1 aliphatic heterocycles. The summed E-state index contributed by atoms with van der Waals surface area (Å²) in [7, 11) is 3.28. The summed E-state index contributed by atoms with van der Waals surface area (Å²) in [6, 6.07) is 14.4. The van der Waals surface area contributed by atoms with E-state index in [9.17, 15) is 9.59 Å². The molecule has 38 heavy (non-hydrogen) atoms. The lowest BCUT2D eigenvalue weighted by Gasteiger charge is -2.33. The Morgan fingerprint density at radius 3 is 2.84 bits per heavy atom. The van der Waals surface area contributed by atoms with Gasteiger partial charge >= 0.3 is 6.03 Å². The zero-order valence-corrected chi connectivity index (χ0v) is 22.2. The maximum Gasteiger partial charge on any atom is 0.319 e. The number of nitrogens with one attached hydrogen (secondary N) is 2. The minimum Gasteiger partial charge on any atom is -0.497 e. The number of imidazole rings is 1. The number of anilines is 1. The lowest BCUT2D eigenvalue weighted by Crippen LogP contribution is -2.45. The summed E-state index contributed by atoms with van der Waals surface area (Å²) in [5, 5.41) is 5.50. The molecule has 0 bridgehead atoms. The highest BCUT2D eigenvalue weighted by molar-refractivity contribution is 5.89. The third-order valence-electron chi connectivity index (χ3n) is 6.84. The molecule has 4 N–H and O–H groups in total. The van der Waals surface area contributed by atoms with Gasteiger partial charge in [0.15, 0.2) is 0 Å². The number of urea groups is 1. The fourth-order valence-electron chi connectivity index (χ4n) is 4.95. The number of benzene rings is 2. The van der Waals surface area contributed by atoms with E-state index in [0.717, 1.165) is 42.7 Å². The van der Waals surface area contributed by atoms with Gasteiger partial charge in [0.25, 0.3) is 0 Å². The predicted octanol–water partition coefficient (Wildman–Crippen LogP) is 3.33. The van der Waals surface area contributed by atoms with Crippen LogP contribution in [-0.2, 0) is 16.1 Å². The topological polar surface area (TPSA) is 124 Å². The normalized spacial score (nSPS) is 16.3. The third kappa shape index (κ3) is 7.02. The smallest absolute Gasteiger partial charge is 0.319 e. The third-order valence-corrected chi connectivity index (χ3v) is 6.84. The van der Waals surface area contributed by atoms with Crippen molar-refractivity contribution in [3.8, 4) is 5.75 Å². The zero-order valence-electron chi connectivity index (χ0n) is 22.2. The Morgan fingerprint density at radius 1 is 1.18 bits per heavy atom. The first-order chi connectivity index (χ1) is 18.5. The number of ether oxygens (including phenoxy) is 2. The van der Waals surface area contributed by atoms with Crippen molar-refractivity contribution in [1.29, 1.82) is 0 Å². The van der Waals surface area contributed by atoms with Gasteiger partial charge in [0.2, 0.25) is 5.91 Å². The molecule has 10 nitrogen and oxygen atoms in total. The van der Waals surface area contributed by atoms with Crippen molar-refractivity contribution in [2.24, 2.45) is 5.73 Å². The number of para-hydroxylation sites is 2. The molecule has 0 saturated carbocycles. The maximum absolute atomic E-state index is 13.1. The quantitative estimate of drug-likeness (QED) is 0.332. The van der Waals surface area contributed by atoms with Crippen molar-refractivity contribution in [3.63, 3.8) is 0 Å². The van der Waals surface area contributed by atoms with Gasteiger partial charge in [-0.2, -0.15) is 0 Å². The van der Waals surface area contributed by atoms with E-state index in [1.807, 2.05) is 23.1 Å². The zero-order chi connectivity index (χ0) is 26.9. The second-order valence-corrected chi connectivity index (χ2v) is 9.67. The Hall–Kier alpha value is -3.63. The van der Waals surface area contributed by atoms with E-state index in [1.54, 1.807) is 38.5 Å². The Bertz CT molecular complexity index is 1230. The summed E-state index contributed by atoms with van der Waals surface area (Å²) < 4.78 is 12.7. The number of hydrogen-bond acceptors (Lipinski definition) is 6. The van der Waals surface area contributed by atoms with Crippen molar-refractivity contribution in [3.05, 3.63) is 54.4 Å². The van der Waals surface area contributed by atoms with Gasteiger partial charge in [-0.1, -0.05) is 18.2 Å². The van der Waals surface area contributed by atoms with E-state index < -0.39 is 6.04 Å². The second kappa shape index (κ2) is 13.3. The lowest BCUT2D eigenvalue weighted by molar-refractivity contribution is -0.132. The molecule has 2 atom stereocenters. The molecule has 2 heterocycles. The SMILES string of the molecule is COCCCn1c([C@@H]2CCCN(C(=O)C[C@@H](N)CNC(=O)Nc3cccc(OC)c3)C2)nc2ccccc21. The van der Waals surface area contributed by atoms with Crippen LogP contribution in [0.3, 0.4) is 0 Å². The number of amides is 3. The average molecular weight is 523 g/mol. The summed E-state index contributed by atoms with van der Waals surface area (Å²) >= 11 is 0. The van der Waals surface area contributed by atoms with Gasteiger partial charge in [0.05, 0.1) is 18.1 Å². The number of nitrogens with two attached hydrogens (primary N) is 1. The maximum atomic E-state index is 13.1. The number of fused-ring (bicyclic) bond motifs is 1. The second-order valence-electron chi connectivity index (χ2n) is 9.67. The van der Waals surface area contributed by atoms with Gasteiger partial charge in [-0.15, -0.1) is 0 Å². The lowest BCUT2D eigenvalue weighted by atomic mass is 9.96. The van der Waals surface area contributed by atoms with Crippen LogP contribution in [0.5, 0.6) is 5.75 Å². The number of rotatable bonds is 11. The Labute approximate surface area is 223 Å². The van der Waals surface area contributed by atoms with Gasteiger partial charge in [-0.25, -0.2) is 9.78 Å². The molecule has 1 saturated heterocycles. The largest absolute Gasteiger partial charge is 0.497 e. The van der Waals surface area contributed by atoms with E-state index in [2.05, 4.69) is 21.3 Å². The summed E-state index contributed by atoms with van der Waals surface area (Å²) in [5.74, 6) is 1.83. The fourth-order valence-corrected chi connectivity index (χ4v) is 4.95. The fraction of sp³-hybridized carbons (Fsp3) is 0.464. The van der Waals surface area contributed by atoms with Gasteiger partial charge in [-0.05, 0) is 43.5 Å². The molecule has 1 aromatic heterocycles. The van der Waals surface area contributed by atoms with Gasteiger partial charge in [-0.3, -0.25) is 4.79 Å². The van der Waals surface area contributed by atoms with Crippen LogP contribution in [0.15, 0.2) is 48.5 Å². The first-order valence-electron chi connectivity index (χ1n) is 13.1. The highest BCUT2D eigenvalue weighted by Crippen LogP contribution is 2.30. The van der Waals surface area contributed by atoms with Crippen LogP contribution < -0.4 is 21.1 Å². The number of nitrogens with zero attached hydrogens (tertiary/aromatic N) is 3. The summed E-state index contributed by atoms with van der Waals surface area (Å²) in [5.41, 5.74) is 8.92. The summed E-state index contributed by atoms with van der Waals surface area (Å²) in [6.07, 6.45) is 2.95. The molecular weight excluding hydrogens is 484 g/mol. The van der Waals surface area contributed by atoms with Gasteiger partial charge in [0, 0.05) is 70.0 Å². The molecule has 0 spiro atoms. The number of hydrogen-bond donors (Lipinski definition) is 3. The number of piperidine rings is 1. The molecule has 2 aromatic carbocycles. The number of carbonyl (C=O) groups is 2. The van der Waals surface area contributed by atoms with Crippen molar-refractivity contribution >= 4 is 28.7 Å². The Morgan fingerprint density at radius 2 is 2.03 bits per heavy atom. The van der Waals surface area contributed by atoms with Crippen molar-refractivity contribution in [1.82, 2.24) is 19.8 Å². The minimum atomic E-state index is -0.488. The van der Waals surface area contributed by atoms with Crippen molar-refractivity contribution < 1.29 is 19.1 Å². The molecule has 1 fully saturated rings. The standard InChI is InChI=1S/C28H38N6O4/c1-37-15-7-14-34-25-12-4-3-11-24(25)32-27(34)20-8-6-13-33(19-20)26(35)16-21(29)18-30-28(36)31-22-9-5-10-23(17-22)38-2/h3-5,9-12,17,20-21H,6-8,13-16,18-19,29H2,1-2H3,(H2,30,31,36)/t20-,21-/m1/s1. The van der Waals surface area contributed by atoms with Gasteiger partial charge < -0.3 is 35.3 Å². The van der Waals surface area contributed by atoms with Crippen molar-refractivity contribution in [2.45, 2.75) is 44.2 Å². The van der Waals surface area contributed by atoms with Crippen molar-refractivity contribution in [2.75, 3.05) is 45.8 Å². The molecule has 4 rings (SSSR count). The first kappa shape index (κ1) is 27.4. The minimum absolute atomic E-state index is 0.000696.